The molecule has 0 N–H and O–H groups in total. The third-order valence-electron chi connectivity index (χ3n) is 6.84. The molecule has 0 spiro atoms. The number of piperazine rings is 1. The number of amides is 1. The molecule has 6 nitrogen and oxygen atoms in total. The molecule has 1 aliphatic heterocycles. The molecule has 3 aromatic carbocycles. The van der Waals surface area contributed by atoms with Crippen LogP contribution in [0, 0.1) is 11.3 Å². The molecule has 0 unspecified atom stereocenters. The molecule has 3 aromatic rings. The van der Waals surface area contributed by atoms with Crippen LogP contribution in [-0.4, -0.2) is 56.0 Å². The Morgan fingerprint density at radius 3 is 2.21 bits per heavy atom. The van der Waals surface area contributed by atoms with E-state index < -0.39 is 10.0 Å². The molecule has 1 saturated heterocycles. The van der Waals surface area contributed by atoms with Crippen LogP contribution < -0.4 is 0 Å². The summed E-state index contributed by atoms with van der Waals surface area (Å²) in [6, 6.07) is 22.3. The van der Waals surface area contributed by atoms with Crippen LogP contribution in [0.1, 0.15) is 28.8 Å². The second kappa shape index (κ2) is 7.98. The summed E-state index contributed by atoms with van der Waals surface area (Å²) in [7, 11) is -3.26. The van der Waals surface area contributed by atoms with Gasteiger partial charge in [-0.25, -0.2) is 8.42 Å². The molecule has 33 heavy (non-hydrogen) atoms. The van der Waals surface area contributed by atoms with Gasteiger partial charge in [-0.1, -0.05) is 54.6 Å². The lowest BCUT2D eigenvalue weighted by Crippen LogP contribution is -2.50. The Labute approximate surface area is 194 Å². The smallest absolute Gasteiger partial charge is 0.254 e. The molecule has 1 amide bonds. The van der Waals surface area contributed by atoms with Crippen molar-refractivity contribution in [2.45, 2.75) is 18.3 Å². The molecule has 1 saturated carbocycles. The Morgan fingerprint density at radius 2 is 1.61 bits per heavy atom. The zero-order valence-electron chi connectivity index (χ0n) is 18.5. The highest BCUT2D eigenvalue weighted by atomic mass is 32.2. The summed E-state index contributed by atoms with van der Waals surface area (Å²) in [5, 5.41) is 11.6. The van der Waals surface area contributed by atoms with E-state index in [2.05, 4.69) is 6.07 Å². The molecule has 0 aromatic heterocycles. The number of nitrogens with zero attached hydrogens (tertiary/aromatic N) is 3. The molecule has 7 heteroatoms. The Hall–Kier alpha value is -3.21. The molecule has 2 aliphatic rings. The molecule has 0 atom stereocenters. The highest BCUT2D eigenvalue weighted by Gasteiger charge is 2.44. The summed E-state index contributed by atoms with van der Waals surface area (Å²) < 4.78 is 25.1. The average Bonchev–Trinajstić information content (AvgIpc) is 3.64. The summed E-state index contributed by atoms with van der Waals surface area (Å²) in [6.45, 7) is 1.33. The zero-order valence-corrected chi connectivity index (χ0v) is 19.3. The number of hydrogen-bond donors (Lipinski definition) is 0. The minimum atomic E-state index is -3.26. The number of nitriles is 1. The molecule has 1 heterocycles. The van der Waals surface area contributed by atoms with Crippen LogP contribution in [0.5, 0.6) is 0 Å². The number of fused-ring (bicyclic) bond motifs is 1. The maximum Gasteiger partial charge on any atom is 0.254 e. The van der Waals surface area contributed by atoms with Crippen molar-refractivity contribution < 1.29 is 13.2 Å². The largest absolute Gasteiger partial charge is 0.336 e. The van der Waals surface area contributed by atoms with E-state index in [1.54, 1.807) is 4.90 Å². The van der Waals surface area contributed by atoms with Crippen molar-refractivity contribution in [1.82, 2.24) is 9.21 Å². The monoisotopic (exact) mass is 459 g/mol. The number of carbonyl (C=O) groups excluding carboxylic acids is 1. The van der Waals surface area contributed by atoms with Gasteiger partial charge >= 0.3 is 0 Å². The quantitative estimate of drug-likeness (QED) is 0.595. The lowest BCUT2D eigenvalue weighted by atomic mass is 9.90. The predicted molar refractivity (Wildman–Crippen MR) is 128 cm³/mol. The maximum absolute atomic E-state index is 13.6. The fourth-order valence-corrected chi connectivity index (χ4v) is 5.53. The SMILES string of the molecule is CS(=O)(=O)N1CCN(C(=O)c2ccc3ccccc3c2-c2ccc(C3(C#N)CC3)cc2)CC1. The number of rotatable bonds is 4. The highest BCUT2D eigenvalue weighted by molar-refractivity contribution is 7.88. The van der Waals surface area contributed by atoms with Gasteiger partial charge in [0, 0.05) is 37.3 Å². The fraction of sp³-hybridized carbons (Fsp3) is 0.308. The van der Waals surface area contributed by atoms with Gasteiger partial charge in [0.2, 0.25) is 10.0 Å². The lowest BCUT2D eigenvalue weighted by Gasteiger charge is -2.33. The van der Waals surface area contributed by atoms with E-state index in [4.69, 9.17) is 0 Å². The first kappa shape index (κ1) is 21.6. The van der Waals surface area contributed by atoms with Crippen molar-refractivity contribution in [2.75, 3.05) is 32.4 Å². The molecule has 2 fully saturated rings. The highest BCUT2D eigenvalue weighted by Crippen LogP contribution is 2.48. The summed E-state index contributed by atoms with van der Waals surface area (Å²) in [5.41, 5.74) is 3.09. The second-order valence-corrected chi connectivity index (χ2v) is 10.9. The zero-order chi connectivity index (χ0) is 23.2. The lowest BCUT2D eigenvalue weighted by molar-refractivity contribution is 0.0699. The molecular formula is C26H25N3O3S. The second-order valence-electron chi connectivity index (χ2n) is 8.93. The molecular weight excluding hydrogens is 434 g/mol. The molecule has 5 rings (SSSR count). The topological polar surface area (TPSA) is 81.5 Å². The summed E-state index contributed by atoms with van der Waals surface area (Å²) >= 11 is 0. The fourth-order valence-electron chi connectivity index (χ4n) is 4.70. The standard InChI is InChI=1S/C26H25N3O3S/c1-33(31,32)29-16-14-28(15-17-29)25(30)23-11-8-19-4-2-3-5-22(19)24(23)20-6-9-21(10-7-20)26(18-27)12-13-26/h2-11H,12-17H2,1H3. The number of carbonyl (C=O) groups is 1. The van der Waals surface area contributed by atoms with Gasteiger partial charge in [-0.05, 0) is 40.8 Å². The van der Waals surface area contributed by atoms with E-state index in [9.17, 15) is 18.5 Å². The third-order valence-corrected chi connectivity index (χ3v) is 8.15. The first-order valence-electron chi connectivity index (χ1n) is 11.1. The van der Waals surface area contributed by atoms with Gasteiger partial charge in [0.15, 0.2) is 0 Å². The summed E-state index contributed by atoms with van der Waals surface area (Å²) in [5.74, 6) is -0.0938. The van der Waals surface area contributed by atoms with Crippen molar-refractivity contribution >= 4 is 26.7 Å². The number of sulfonamides is 1. The van der Waals surface area contributed by atoms with Gasteiger partial charge in [0.25, 0.3) is 5.91 Å². The first-order valence-corrected chi connectivity index (χ1v) is 13.0. The molecule has 1 aliphatic carbocycles. The van der Waals surface area contributed by atoms with Gasteiger partial charge in [0.05, 0.1) is 17.7 Å². The number of benzene rings is 3. The molecule has 168 valence electrons. The van der Waals surface area contributed by atoms with Crippen molar-refractivity contribution in [2.24, 2.45) is 0 Å². The van der Waals surface area contributed by atoms with Crippen molar-refractivity contribution in [3.05, 3.63) is 71.8 Å². The van der Waals surface area contributed by atoms with Gasteiger partial charge in [-0.15, -0.1) is 0 Å². The van der Waals surface area contributed by atoms with Crippen molar-refractivity contribution in [3.63, 3.8) is 0 Å². The van der Waals surface area contributed by atoms with Crippen LogP contribution >= 0.6 is 0 Å². The Kier molecular flexibility index (Phi) is 5.23. The van der Waals surface area contributed by atoms with E-state index in [0.717, 1.165) is 40.3 Å². The van der Waals surface area contributed by atoms with Gasteiger partial charge in [-0.2, -0.15) is 9.57 Å². The van der Waals surface area contributed by atoms with Crippen LogP contribution in [0.4, 0.5) is 0 Å². The Bertz CT molecular complexity index is 1380. The summed E-state index contributed by atoms with van der Waals surface area (Å²) in [4.78, 5) is 15.3. The van der Waals surface area contributed by atoms with Gasteiger partial charge in [-0.3, -0.25) is 4.79 Å². The molecule has 0 radical (unpaired) electrons. The van der Waals surface area contributed by atoms with Gasteiger partial charge < -0.3 is 4.90 Å². The van der Waals surface area contributed by atoms with Crippen LogP contribution in [-0.2, 0) is 15.4 Å². The Balaban J connectivity index is 1.53. The van der Waals surface area contributed by atoms with Crippen molar-refractivity contribution in [1.29, 1.82) is 5.26 Å². The first-order chi connectivity index (χ1) is 15.8. The van der Waals surface area contributed by atoms with E-state index in [-0.39, 0.29) is 11.3 Å². The minimum absolute atomic E-state index is 0.0938. The van der Waals surface area contributed by atoms with Crippen LogP contribution in [0.3, 0.4) is 0 Å². The van der Waals surface area contributed by atoms with E-state index in [0.29, 0.717) is 31.7 Å². The van der Waals surface area contributed by atoms with Crippen molar-refractivity contribution in [3.8, 4) is 17.2 Å². The Morgan fingerprint density at radius 1 is 0.939 bits per heavy atom. The van der Waals surface area contributed by atoms with Crippen LogP contribution in [0.2, 0.25) is 0 Å². The van der Waals surface area contributed by atoms with E-state index in [1.807, 2.05) is 60.7 Å². The third kappa shape index (κ3) is 3.90. The average molecular weight is 460 g/mol. The summed E-state index contributed by atoms with van der Waals surface area (Å²) in [6.07, 6.45) is 2.98. The normalized spacial score (nSPS) is 18.1. The van der Waals surface area contributed by atoms with Crippen LogP contribution in [0.15, 0.2) is 60.7 Å². The molecule has 0 bridgehead atoms. The number of hydrogen-bond acceptors (Lipinski definition) is 4. The predicted octanol–water partition coefficient (Wildman–Crippen LogP) is 3.78. The maximum atomic E-state index is 13.6. The van der Waals surface area contributed by atoms with E-state index >= 15 is 0 Å². The van der Waals surface area contributed by atoms with Gasteiger partial charge in [0.1, 0.15) is 0 Å². The van der Waals surface area contributed by atoms with E-state index in [1.165, 1.54) is 10.6 Å². The van der Waals surface area contributed by atoms with Crippen LogP contribution in [0.25, 0.3) is 21.9 Å². The minimum Gasteiger partial charge on any atom is -0.336 e.